The fourth-order valence-electron chi connectivity index (χ4n) is 3.00. The van der Waals surface area contributed by atoms with E-state index < -0.39 is 0 Å². The topological polar surface area (TPSA) is 71.4 Å². The number of hydrogen-bond acceptors (Lipinski definition) is 6. The third kappa shape index (κ3) is 3.71. The number of ether oxygens (including phenoxy) is 1. The van der Waals surface area contributed by atoms with Crippen molar-refractivity contribution < 1.29 is 9.84 Å². The Kier molecular flexibility index (Phi) is 4.76. The summed E-state index contributed by atoms with van der Waals surface area (Å²) in [7, 11) is 2.06. The Morgan fingerprint density at radius 1 is 1.00 bits per heavy atom. The minimum absolute atomic E-state index is 0.0824. The fraction of sp³-hybridized carbons (Fsp3) is 0.136. The van der Waals surface area contributed by atoms with Gasteiger partial charge in [0.25, 0.3) is 0 Å². The third-order valence-electron chi connectivity index (χ3n) is 4.61. The summed E-state index contributed by atoms with van der Waals surface area (Å²) >= 11 is 0. The van der Waals surface area contributed by atoms with E-state index in [0.717, 1.165) is 12.2 Å². The molecular weight excluding hydrogens is 352 g/mol. The van der Waals surface area contributed by atoms with Crippen LogP contribution in [0.1, 0.15) is 11.1 Å². The van der Waals surface area contributed by atoms with Gasteiger partial charge in [-0.3, -0.25) is 4.98 Å². The summed E-state index contributed by atoms with van der Waals surface area (Å²) in [6.07, 6.45) is 3.14. The molecule has 140 valence electrons. The molecule has 4 aromatic rings. The maximum atomic E-state index is 10.0. The van der Waals surface area contributed by atoms with Gasteiger partial charge >= 0.3 is 6.01 Å². The van der Waals surface area contributed by atoms with Gasteiger partial charge in [0.2, 0.25) is 5.88 Å². The number of benzene rings is 2. The Morgan fingerprint density at radius 2 is 1.79 bits per heavy atom. The van der Waals surface area contributed by atoms with Crippen LogP contribution in [0.15, 0.2) is 67.0 Å². The summed E-state index contributed by atoms with van der Waals surface area (Å²) in [6, 6.07) is 17.8. The Morgan fingerprint density at radius 3 is 2.57 bits per heavy atom. The van der Waals surface area contributed by atoms with E-state index in [9.17, 15) is 5.11 Å². The number of fused-ring (bicyclic) bond motifs is 1. The molecule has 1 N–H and O–H groups in total. The van der Waals surface area contributed by atoms with Crippen LogP contribution in [-0.4, -0.2) is 27.1 Å². The zero-order chi connectivity index (χ0) is 19.5. The molecule has 0 aliphatic carbocycles. The third-order valence-corrected chi connectivity index (χ3v) is 4.61. The molecule has 6 heteroatoms. The molecule has 0 spiro atoms. The maximum absolute atomic E-state index is 10.0. The van der Waals surface area contributed by atoms with Crippen LogP contribution in [0.5, 0.6) is 17.6 Å². The van der Waals surface area contributed by atoms with Crippen LogP contribution in [0.4, 0.5) is 5.69 Å². The van der Waals surface area contributed by atoms with E-state index in [2.05, 4.69) is 52.0 Å². The molecule has 0 radical (unpaired) electrons. The first kappa shape index (κ1) is 17.7. The highest BCUT2D eigenvalue weighted by molar-refractivity contribution is 5.82. The van der Waals surface area contributed by atoms with Crippen molar-refractivity contribution in [3.8, 4) is 17.6 Å². The van der Waals surface area contributed by atoms with Crippen LogP contribution < -0.4 is 9.64 Å². The first-order valence-corrected chi connectivity index (χ1v) is 8.94. The van der Waals surface area contributed by atoms with Gasteiger partial charge in [-0.2, -0.15) is 9.97 Å². The smallest absolute Gasteiger partial charge is 0.325 e. The molecule has 6 nitrogen and oxygen atoms in total. The van der Waals surface area contributed by atoms with Crippen molar-refractivity contribution in [2.45, 2.75) is 13.5 Å². The molecule has 0 aliphatic rings. The molecule has 0 saturated carbocycles. The standard InChI is InChI=1S/C22H20N4O2/c1-15-5-3-4-6-16(15)14-26(2)17-7-9-18(10-8-17)28-22-24-20-13-23-12-11-19(20)21(27)25-22/h3-13H,14H2,1-2H3,(H,24,25,27). The highest BCUT2D eigenvalue weighted by Gasteiger charge is 2.09. The minimum Gasteiger partial charge on any atom is -0.493 e. The van der Waals surface area contributed by atoms with Gasteiger partial charge in [-0.05, 0) is 48.4 Å². The van der Waals surface area contributed by atoms with Crippen LogP contribution in [0.25, 0.3) is 10.9 Å². The van der Waals surface area contributed by atoms with E-state index in [1.807, 2.05) is 30.3 Å². The molecule has 4 rings (SSSR count). The van der Waals surface area contributed by atoms with Crippen LogP contribution in [0.2, 0.25) is 0 Å². The van der Waals surface area contributed by atoms with Gasteiger partial charge in [-0.1, -0.05) is 24.3 Å². The molecule has 28 heavy (non-hydrogen) atoms. The van der Waals surface area contributed by atoms with Gasteiger partial charge < -0.3 is 14.7 Å². The quantitative estimate of drug-likeness (QED) is 0.557. The average molecular weight is 372 g/mol. The van der Waals surface area contributed by atoms with Crippen molar-refractivity contribution in [1.29, 1.82) is 0 Å². The van der Waals surface area contributed by atoms with Gasteiger partial charge in [-0.15, -0.1) is 0 Å². The number of anilines is 1. The predicted molar refractivity (Wildman–Crippen MR) is 109 cm³/mol. The number of pyridine rings is 1. The lowest BCUT2D eigenvalue weighted by Crippen LogP contribution is -2.16. The number of aromatic nitrogens is 3. The number of nitrogens with zero attached hydrogens (tertiary/aromatic N) is 4. The number of rotatable bonds is 5. The molecule has 2 aromatic carbocycles. The summed E-state index contributed by atoms with van der Waals surface area (Å²) < 4.78 is 5.71. The largest absolute Gasteiger partial charge is 0.493 e. The van der Waals surface area contributed by atoms with E-state index in [4.69, 9.17) is 4.74 Å². The molecule has 2 heterocycles. The van der Waals surface area contributed by atoms with Crippen molar-refractivity contribution in [3.63, 3.8) is 0 Å². The summed E-state index contributed by atoms with van der Waals surface area (Å²) in [6.45, 7) is 2.94. The zero-order valence-corrected chi connectivity index (χ0v) is 15.7. The Bertz CT molecular complexity index is 1110. The van der Waals surface area contributed by atoms with Crippen molar-refractivity contribution in [2.24, 2.45) is 0 Å². The lowest BCUT2D eigenvalue weighted by atomic mass is 10.1. The minimum atomic E-state index is -0.128. The highest BCUT2D eigenvalue weighted by Crippen LogP contribution is 2.27. The Hall–Kier alpha value is -3.67. The van der Waals surface area contributed by atoms with Crippen LogP contribution in [-0.2, 0) is 6.54 Å². The zero-order valence-electron chi connectivity index (χ0n) is 15.7. The van der Waals surface area contributed by atoms with E-state index in [1.54, 1.807) is 18.5 Å². The van der Waals surface area contributed by atoms with Gasteiger partial charge in [0.1, 0.15) is 5.75 Å². The van der Waals surface area contributed by atoms with Crippen LogP contribution in [0, 0.1) is 6.92 Å². The molecule has 0 amide bonds. The van der Waals surface area contributed by atoms with Crippen molar-refractivity contribution >= 4 is 16.6 Å². The average Bonchev–Trinajstić information content (AvgIpc) is 2.70. The van der Waals surface area contributed by atoms with Gasteiger partial charge in [0, 0.05) is 25.5 Å². The molecule has 2 aromatic heterocycles. The first-order valence-electron chi connectivity index (χ1n) is 8.94. The maximum Gasteiger partial charge on any atom is 0.325 e. The molecule has 0 fully saturated rings. The van der Waals surface area contributed by atoms with E-state index in [-0.39, 0.29) is 11.9 Å². The number of aromatic hydroxyl groups is 1. The monoisotopic (exact) mass is 372 g/mol. The predicted octanol–water partition coefficient (Wildman–Crippen LogP) is 4.47. The Balaban J connectivity index is 1.50. The first-order chi connectivity index (χ1) is 13.6. The Labute approximate surface area is 163 Å². The van der Waals surface area contributed by atoms with Crippen molar-refractivity contribution in [1.82, 2.24) is 15.0 Å². The molecule has 0 atom stereocenters. The van der Waals surface area contributed by atoms with Crippen LogP contribution in [0.3, 0.4) is 0 Å². The normalized spacial score (nSPS) is 10.8. The molecule has 0 bridgehead atoms. The summed E-state index contributed by atoms with van der Waals surface area (Å²) in [4.78, 5) is 14.5. The summed E-state index contributed by atoms with van der Waals surface area (Å²) in [5, 5.41) is 10.6. The van der Waals surface area contributed by atoms with Gasteiger partial charge in [0.05, 0.1) is 17.1 Å². The fourth-order valence-corrected chi connectivity index (χ4v) is 3.00. The summed E-state index contributed by atoms with van der Waals surface area (Å²) in [5.74, 6) is 0.465. The molecule has 0 saturated heterocycles. The van der Waals surface area contributed by atoms with E-state index in [1.165, 1.54) is 11.1 Å². The number of aryl methyl sites for hydroxylation is 1. The lowest BCUT2D eigenvalue weighted by Gasteiger charge is -2.20. The SMILES string of the molecule is Cc1ccccc1CN(C)c1ccc(Oc2nc(O)c3ccncc3n2)cc1. The highest BCUT2D eigenvalue weighted by atomic mass is 16.5. The second kappa shape index (κ2) is 7.52. The van der Waals surface area contributed by atoms with Gasteiger partial charge in [0.15, 0.2) is 0 Å². The van der Waals surface area contributed by atoms with Crippen molar-refractivity contribution in [3.05, 3.63) is 78.1 Å². The second-order valence-corrected chi connectivity index (χ2v) is 6.60. The summed E-state index contributed by atoms with van der Waals surface area (Å²) in [5.41, 5.74) is 4.16. The molecular formula is C22H20N4O2. The molecule has 0 unspecified atom stereocenters. The lowest BCUT2D eigenvalue weighted by molar-refractivity contribution is 0.412. The van der Waals surface area contributed by atoms with E-state index in [0.29, 0.717) is 16.7 Å². The van der Waals surface area contributed by atoms with Crippen molar-refractivity contribution in [2.75, 3.05) is 11.9 Å². The number of hydrogen-bond donors (Lipinski definition) is 1. The van der Waals surface area contributed by atoms with Crippen LogP contribution >= 0.6 is 0 Å². The van der Waals surface area contributed by atoms with E-state index >= 15 is 0 Å². The van der Waals surface area contributed by atoms with Gasteiger partial charge in [-0.25, -0.2) is 0 Å². The second-order valence-electron chi connectivity index (χ2n) is 6.60. The molecule has 0 aliphatic heterocycles.